The number of hydrogen-bond acceptors (Lipinski definition) is 9. The number of rotatable bonds is 6. The molecule has 4 aromatic rings. The number of ether oxygens (including phenoxy) is 1. The summed E-state index contributed by atoms with van der Waals surface area (Å²) >= 11 is 7.67. The zero-order valence-corrected chi connectivity index (χ0v) is 27.8. The van der Waals surface area contributed by atoms with Gasteiger partial charge >= 0.3 is 6.01 Å². The largest absolute Gasteiger partial charge is 0.461 e. The molecule has 260 valence electrons. The number of nitrogens with zero attached hydrogens (tertiary/aromatic N) is 5. The van der Waals surface area contributed by atoms with E-state index >= 15 is 4.39 Å². The van der Waals surface area contributed by atoms with Crippen LogP contribution in [0.25, 0.3) is 32.1 Å². The van der Waals surface area contributed by atoms with E-state index in [-0.39, 0.29) is 97.3 Å². The van der Waals surface area contributed by atoms with Gasteiger partial charge < -0.3 is 20.7 Å². The molecule has 4 fully saturated rings. The molecule has 8 rings (SSSR count). The molecule has 2 bridgehead atoms. The first-order valence-corrected chi connectivity index (χ1v) is 17.2. The molecular formula is C34H28ClF6N7OS. The second-order valence-corrected chi connectivity index (χ2v) is 14.9. The molecule has 0 saturated carbocycles. The van der Waals surface area contributed by atoms with Crippen molar-refractivity contribution in [3.8, 4) is 23.2 Å². The van der Waals surface area contributed by atoms with Crippen LogP contribution in [-0.4, -0.2) is 64.8 Å². The Morgan fingerprint density at radius 2 is 2.04 bits per heavy atom. The molecule has 0 aliphatic carbocycles. The van der Waals surface area contributed by atoms with Gasteiger partial charge in [0.1, 0.15) is 34.8 Å². The smallest absolute Gasteiger partial charge is 0.319 e. The molecule has 2 aromatic heterocycles. The van der Waals surface area contributed by atoms with Crippen molar-refractivity contribution in [3.63, 3.8) is 0 Å². The van der Waals surface area contributed by atoms with E-state index in [2.05, 4.69) is 15.3 Å². The second-order valence-electron chi connectivity index (χ2n) is 13.5. The van der Waals surface area contributed by atoms with Crippen LogP contribution in [0.4, 0.5) is 37.2 Å². The highest BCUT2D eigenvalue weighted by atomic mass is 35.5. The van der Waals surface area contributed by atoms with Crippen LogP contribution < -0.4 is 20.7 Å². The second kappa shape index (κ2) is 12.0. The fourth-order valence-corrected chi connectivity index (χ4v) is 9.57. The van der Waals surface area contributed by atoms with Crippen LogP contribution in [0.3, 0.4) is 0 Å². The summed E-state index contributed by atoms with van der Waals surface area (Å²) in [6.45, 7) is 1.13. The number of halogens is 7. The number of nitrogens with two attached hydrogens (primary N) is 1. The minimum absolute atomic E-state index is 0.0210. The Kier molecular flexibility index (Phi) is 7.94. The Morgan fingerprint density at radius 1 is 1.22 bits per heavy atom. The van der Waals surface area contributed by atoms with Gasteiger partial charge in [-0.15, -0.1) is 11.3 Å². The van der Waals surface area contributed by atoms with E-state index in [1.807, 2.05) is 11.0 Å². The van der Waals surface area contributed by atoms with Crippen LogP contribution in [0.1, 0.15) is 37.7 Å². The number of hydrogen-bond donors (Lipinski definition) is 2. The minimum atomic E-state index is -1.83. The number of thiophene rings is 1. The van der Waals surface area contributed by atoms with E-state index < -0.39 is 34.9 Å². The summed E-state index contributed by atoms with van der Waals surface area (Å²) < 4.78 is 92.7. The van der Waals surface area contributed by atoms with Crippen LogP contribution in [0, 0.1) is 23.0 Å². The molecule has 50 heavy (non-hydrogen) atoms. The van der Waals surface area contributed by atoms with Crippen LogP contribution in [0.5, 0.6) is 6.01 Å². The van der Waals surface area contributed by atoms with Gasteiger partial charge in [-0.3, -0.25) is 4.90 Å². The molecule has 4 aliphatic rings. The van der Waals surface area contributed by atoms with Crippen LogP contribution in [0.2, 0.25) is 5.02 Å². The maximum atomic E-state index is 17.0. The SMILES string of the molecule is N#Cc1c(N)sc2c(F)ccc(-c3c(Cl)cc4c(N5C[C@@H]6CCC(C=C(F)F)(C5)N6)nc(OC[C@@]56CCCN5CC(=C(F)F)C6)nc4c3F)c12. The van der Waals surface area contributed by atoms with Crippen LogP contribution in [-0.2, 0) is 0 Å². The quantitative estimate of drug-likeness (QED) is 0.194. The number of nitrogen functional groups attached to an aromatic ring is 1. The molecule has 1 unspecified atom stereocenters. The van der Waals surface area contributed by atoms with Crippen LogP contribution >= 0.6 is 22.9 Å². The lowest BCUT2D eigenvalue weighted by Crippen LogP contribution is -2.59. The number of fused-ring (bicyclic) bond motifs is 5. The van der Waals surface area contributed by atoms with E-state index in [1.165, 1.54) is 12.1 Å². The number of anilines is 2. The molecule has 4 aliphatic heterocycles. The standard InChI is InChI=1S/C34H28ClF6N7OS/c35-21-8-19-27(26(39)25(21)18-2-3-22(36)28-24(18)20(11-42)30(43)50-28)44-32(49-15-34-5-1-7-48(34)12-16(9-34)29(40)41)45-31(19)47-13-17-4-6-33(14-47,46-17)10-23(37)38/h2-3,8,10,17,46H,1,4-7,9,12-15,43H2/t17-,33?,34-/m0/s1. The first kappa shape index (κ1) is 33.1. The monoisotopic (exact) mass is 731 g/mol. The van der Waals surface area contributed by atoms with Gasteiger partial charge in [0.2, 0.25) is 0 Å². The van der Waals surface area contributed by atoms with E-state index in [1.54, 1.807) is 4.90 Å². The van der Waals surface area contributed by atoms with Crippen molar-refractivity contribution in [1.82, 2.24) is 20.2 Å². The van der Waals surface area contributed by atoms with E-state index in [4.69, 9.17) is 22.1 Å². The molecule has 3 N–H and O–H groups in total. The molecule has 0 radical (unpaired) electrons. The average molecular weight is 732 g/mol. The molecular weight excluding hydrogens is 704 g/mol. The van der Waals surface area contributed by atoms with Crippen molar-refractivity contribution in [2.24, 2.45) is 0 Å². The average Bonchev–Trinajstić information content (AvgIpc) is 3.80. The molecule has 16 heteroatoms. The van der Waals surface area contributed by atoms with Crippen molar-refractivity contribution in [3.05, 3.63) is 64.2 Å². The number of aromatic nitrogens is 2. The van der Waals surface area contributed by atoms with Gasteiger partial charge in [-0.1, -0.05) is 17.7 Å². The Morgan fingerprint density at radius 3 is 2.80 bits per heavy atom. The molecule has 6 heterocycles. The summed E-state index contributed by atoms with van der Waals surface area (Å²) in [6.07, 6.45) is -0.0743. The predicted molar refractivity (Wildman–Crippen MR) is 179 cm³/mol. The third-order valence-corrected chi connectivity index (χ3v) is 11.8. The highest BCUT2D eigenvalue weighted by Crippen LogP contribution is 2.47. The Bertz CT molecular complexity index is 2200. The minimum Gasteiger partial charge on any atom is -0.461 e. The van der Waals surface area contributed by atoms with E-state index in [9.17, 15) is 27.2 Å². The molecule has 0 amide bonds. The van der Waals surface area contributed by atoms with E-state index in [0.29, 0.717) is 32.4 Å². The van der Waals surface area contributed by atoms with E-state index in [0.717, 1.165) is 29.9 Å². The maximum Gasteiger partial charge on any atom is 0.319 e. The lowest BCUT2D eigenvalue weighted by atomic mass is 9.94. The van der Waals surface area contributed by atoms with Gasteiger partial charge in [-0.05, 0) is 56.3 Å². The number of nitrogens with one attached hydrogen (secondary N) is 1. The molecule has 3 atom stereocenters. The van der Waals surface area contributed by atoms with Crippen molar-refractivity contribution in [1.29, 1.82) is 5.26 Å². The molecule has 2 aromatic carbocycles. The number of nitriles is 1. The van der Waals surface area contributed by atoms with Gasteiger partial charge in [0.05, 0.1) is 26.4 Å². The Labute approximate surface area is 290 Å². The normalized spacial score (nSPS) is 24.6. The molecule has 0 spiro atoms. The van der Waals surface area contributed by atoms with Gasteiger partial charge in [0.25, 0.3) is 12.2 Å². The number of benzene rings is 2. The highest BCUT2D eigenvalue weighted by molar-refractivity contribution is 7.23. The summed E-state index contributed by atoms with van der Waals surface area (Å²) in [4.78, 5) is 12.9. The van der Waals surface area contributed by atoms with Gasteiger partial charge in [-0.2, -0.15) is 32.8 Å². The summed E-state index contributed by atoms with van der Waals surface area (Å²) in [6, 6.07) is 5.50. The summed E-state index contributed by atoms with van der Waals surface area (Å²) in [5.41, 5.74) is 4.06. The maximum absolute atomic E-state index is 17.0. The van der Waals surface area contributed by atoms with Gasteiger partial charge in [0.15, 0.2) is 5.82 Å². The topological polar surface area (TPSA) is 103 Å². The molecule has 4 saturated heterocycles. The fraction of sp³-hybridized carbons (Fsp3) is 0.382. The third kappa shape index (κ3) is 5.26. The predicted octanol–water partition coefficient (Wildman–Crippen LogP) is 7.76. The first-order valence-electron chi connectivity index (χ1n) is 16.0. The zero-order valence-electron chi connectivity index (χ0n) is 26.2. The third-order valence-electron chi connectivity index (χ3n) is 10.5. The van der Waals surface area contributed by atoms with Crippen molar-refractivity contribution >= 4 is 54.7 Å². The lowest BCUT2D eigenvalue weighted by molar-refractivity contribution is 0.108. The van der Waals surface area contributed by atoms with Crippen molar-refractivity contribution < 1.29 is 31.1 Å². The van der Waals surface area contributed by atoms with Crippen molar-refractivity contribution in [2.75, 3.05) is 43.4 Å². The van der Waals surface area contributed by atoms with Crippen LogP contribution in [0.15, 0.2) is 42.0 Å². The summed E-state index contributed by atoms with van der Waals surface area (Å²) in [7, 11) is 0. The zero-order chi connectivity index (χ0) is 35.1. The Balaban J connectivity index is 1.29. The summed E-state index contributed by atoms with van der Waals surface area (Å²) in [5, 5.41) is 13.4. The highest BCUT2D eigenvalue weighted by Gasteiger charge is 2.49. The lowest BCUT2D eigenvalue weighted by Gasteiger charge is -2.40. The first-order chi connectivity index (χ1) is 23.9. The van der Waals surface area contributed by atoms with Gasteiger partial charge in [0, 0.05) is 53.7 Å². The van der Waals surface area contributed by atoms with Crippen molar-refractivity contribution in [2.45, 2.75) is 49.2 Å². The summed E-state index contributed by atoms with van der Waals surface area (Å²) in [5.74, 6) is -1.35. The Hall–Kier alpha value is -4.10. The number of piperazine rings is 1. The van der Waals surface area contributed by atoms with Gasteiger partial charge in [-0.25, -0.2) is 8.78 Å². The fourth-order valence-electron chi connectivity index (χ4n) is 8.33. The molecule has 8 nitrogen and oxygen atoms in total.